The molecule has 8 heteroatoms. The molecular weight excluding hydrogens is 1050 g/mol. The first-order valence-electron chi connectivity index (χ1n) is 24.0. The summed E-state index contributed by atoms with van der Waals surface area (Å²) in [5, 5.41) is 12.5. The molecule has 0 fully saturated rings. The van der Waals surface area contributed by atoms with Crippen molar-refractivity contribution in [2.45, 2.75) is 52.4 Å². The van der Waals surface area contributed by atoms with Crippen LogP contribution in [0.5, 0.6) is 0 Å². The van der Waals surface area contributed by atoms with Crippen molar-refractivity contribution in [1.82, 2.24) is 34.9 Å². The maximum absolute atomic E-state index is 5.72. The molecule has 0 saturated heterocycles. The molecule has 2 aliphatic heterocycles. The minimum Gasteiger partial charge on any atom is -0.435 e. The van der Waals surface area contributed by atoms with Crippen LogP contribution in [0.25, 0.3) is 144 Å². The van der Waals surface area contributed by atoms with E-state index in [1.165, 1.54) is 11.1 Å². The van der Waals surface area contributed by atoms with E-state index in [1.807, 2.05) is 0 Å². The van der Waals surface area contributed by atoms with Gasteiger partial charge in [-0.05, 0) is 152 Å². The normalized spacial score (nSPS) is 12.5. The molecule has 0 saturated carbocycles. The van der Waals surface area contributed by atoms with Gasteiger partial charge in [0.15, 0.2) is 0 Å². The molecule has 71 heavy (non-hydrogen) atoms. The zero-order chi connectivity index (χ0) is 47.2. The van der Waals surface area contributed by atoms with Crippen LogP contribution in [0.15, 0.2) is 164 Å². The molecule has 0 spiro atoms. The van der Waals surface area contributed by atoms with Gasteiger partial charge in [0, 0.05) is 39.1 Å². The van der Waals surface area contributed by atoms with Crippen molar-refractivity contribution in [3.8, 4) is 56.5 Å². The van der Waals surface area contributed by atoms with E-state index < -0.39 is 0 Å². The van der Waals surface area contributed by atoms with Crippen molar-refractivity contribution in [3.63, 3.8) is 0 Å². The van der Waals surface area contributed by atoms with Gasteiger partial charge < -0.3 is 24.9 Å². The zero-order valence-electron chi connectivity index (χ0n) is 40.0. The molecule has 12 aromatic rings. The third-order valence-electron chi connectivity index (χ3n) is 14.4. The Balaban J connectivity index is 0.00000492. The third-order valence-corrected chi connectivity index (χ3v) is 14.4. The molecule has 5 heterocycles. The van der Waals surface area contributed by atoms with E-state index in [2.05, 4.69) is 205 Å². The van der Waals surface area contributed by atoms with E-state index in [1.54, 1.807) is 0 Å². The minimum atomic E-state index is -0.158. The predicted molar refractivity (Wildman–Crippen MR) is 289 cm³/mol. The molecule has 0 atom stereocenters. The summed E-state index contributed by atoms with van der Waals surface area (Å²) >= 11 is 0. The maximum Gasteiger partial charge on any atom is 2.00 e. The molecule has 0 aliphatic carbocycles. The number of benzene rings is 9. The van der Waals surface area contributed by atoms with Crippen molar-refractivity contribution in [3.05, 3.63) is 175 Å². The molecule has 3 aromatic heterocycles. The molecule has 2 aliphatic rings. The second-order valence-corrected chi connectivity index (χ2v) is 21.1. The van der Waals surface area contributed by atoms with Crippen LogP contribution < -0.4 is 9.97 Å². The quantitative estimate of drug-likeness (QED) is 0.162. The molecule has 9 aromatic carbocycles. The van der Waals surface area contributed by atoms with Gasteiger partial charge in [0.05, 0.1) is 23.2 Å². The summed E-state index contributed by atoms with van der Waals surface area (Å²) in [5.41, 5.74) is 11.1. The predicted octanol–water partition coefficient (Wildman–Crippen LogP) is 15.6. The van der Waals surface area contributed by atoms with Gasteiger partial charge in [0.1, 0.15) is 0 Å². The SMILES string of the molecule is CC(C)(C)c1cc(-c2c3nc(nc4[n-]c(nc5nc(nc6[n-]c2c2cc7ccccc7cc62)-c2cc6ccccc6cc2-5)c2cc5ccccc5cc42)-c2cc4ccccc4cc2-3)cc(C(C)(C)C)c1.[Pt+2]. The fourth-order valence-electron chi connectivity index (χ4n) is 10.6. The molecule has 8 bridgehead atoms. The number of hydrogen-bond donors (Lipinski definition) is 0. The van der Waals surface area contributed by atoms with Crippen LogP contribution in [0, 0.1) is 0 Å². The first-order valence-corrected chi connectivity index (χ1v) is 24.0. The summed E-state index contributed by atoms with van der Waals surface area (Å²) in [4.78, 5) is 38.5. The van der Waals surface area contributed by atoms with Crippen LogP contribution in [-0.2, 0) is 31.9 Å². The van der Waals surface area contributed by atoms with Gasteiger partial charge in [-0.3, -0.25) is 0 Å². The van der Waals surface area contributed by atoms with E-state index in [4.69, 9.17) is 34.9 Å². The molecule has 0 N–H and O–H groups in total. The van der Waals surface area contributed by atoms with E-state index in [0.29, 0.717) is 34.4 Å². The van der Waals surface area contributed by atoms with Crippen LogP contribution in [0.3, 0.4) is 0 Å². The second-order valence-electron chi connectivity index (χ2n) is 21.1. The molecule has 14 rings (SSSR count). The number of hydrogen-bond acceptors (Lipinski definition) is 5. The topological polar surface area (TPSA) is 92.7 Å². The Kier molecular flexibility index (Phi) is 9.47. The Morgan fingerprint density at radius 2 is 0.676 bits per heavy atom. The summed E-state index contributed by atoms with van der Waals surface area (Å²) < 4.78 is 0. The standard InChI is InChI=1S/C63H45N7.Pt/c1-62(2,3)43-23-42(24-44(33-43)63(4,5)6)53-54-45-25-34-15-7-9-17-36(34)27-47(45)56(64-54)66-58-49-29-38-19-11-13-21-40(38)31-51(49)60(68-58)70-61-52-32-41-22-14-12-20-39(41)30-50(52)59(69-61)67-57-48-28-37-18-10-8-16-35(37)26-46(48)55(53)65-57;/h7-33H,1-6H3;/q-2;+2. The average molecular weight is 1100 g/mol. The Morgan fingerprint density at radius 3 is 1.10 bits per heavy atom. The van der Waals surface area contributed by atoms with Crippen molar-refractivity contribution in [2.75, 3.05) is 0 Å². The van der Waals surface area contributed by atoms with Crippen molar-refractivity contribution in [2.24, 2.45) is 0 Å². The summed E-state index contributed by atoms with van der Waals surface area (Å²) in [6.07, 6.45) is 0. The Hall–Kier alpha value is -7.86. The van der Waals surface area contributed by atoms with Gasteiger partial charge in [-0.1, -0.05) is 157 Å². The molecular formula is C63H45N7Pt. The molecule has 7 nitrogen and oxygen atoms in total. The van der Waals surface area contributed by atoms with Gasteiger partial charge >= 0.3 is 21.1 Å². The fraction of sp³-hybridized carbons (Fsp3) is 0.127. The fourth-order valence-corrected chi connectivity index (χ4v) is 10.6. The van der Waals surface area contributed by atoms with Crippen molar-refractivity contribution >= 4 is 87.1 Å². The smallest absolute Gasteiger partial charge is 0.435 e. The number of rotatable bonds is 1. The monoisotopic (exact) mass is 1090 g/mol. The number of fused-ring (bicyclic) bond motifs is 24. The van der Waals surface area contributed by atoms with Crippen LogP contribution in [0.2, 0.25) is 0 Å². The van der Waals surface area contributed by atoms with Gasteiger partial charge in [0.25, 0.3) is 0 Å². The van der Waals surface area contributed by atoms with Crippen molar-refractivity contribution in [1.29, 1.82) is 0 Å². The van der Waals surface area contributed by atoms with Crippen LogP contribution in [-0.4, -0.2) is 24.9 Å². The van der Waals surface area contributed by atoms with E-state index in [-0.39, 0.29) is 31.9 Å². The molecule has 0 unspecified atom stereocenters. The van der Waals surface area contributed by atoms with Crippen LogP contribution in [0.1, 0.15) is 52.7 Å². The van der Waals surface area contributed by atoms with Gasteiger partial charge in [-0.2, -0.15) is 0 Å². The van der Waals surface area contributed by atoms with E-state index in [0.717, 1.165) is 109 Å². The largest absolute Gasteiger partial charge is 2.00 e. The van der Waals surface area contributed by atoms with E-state index in [9.17, 15) is 0 Å². The Morgan fingerprint density at radius 1 is 0.338 bits per heavy atom. The van der Waals surface area contributed by atoms with Crippen molar-refractivity contribution < 1.29 is 21.1 Å². The van der Waals surface area contributed by atoms with Gasteiger partial charge in [-0.25, -0.2) is 9.97 Å². The van der Waals surface area contributed by atoms with Crippen LogP contribution in [0.4, 0.5) is 0 Å². The number of aromatic nitrogens is 7. The first kappa shape index (κ1) is 43.2. The van der Waals surface area contributed by atoms with Gasteiger partial charge in [0.2, 0.25) is 0 Å². The summed E-state index contributed by atoms with van der Waals surface area (Å²) in [5.74, 6) is 1.67. The minimum absolute atomic E-state index is 0. The maximum atomic E-state index is 5.72. The van der Waals surface area contributed by atoms with E-state index >= 15 is 0 Å². The zero-order valence-corrected chi connectivity index (χ0v) is 42.3. The second kappa shape index (κ2) is 15.6. The Bertz CT molecular complexity index is 4420. The van der Waals surface area contributed by atoms with Gasteiger partial charge in [-0.15, -0.1) is 0 Å². The molecule has 0 radical (unpaired) electrons. The average Bonchev–Trinajstić information content (AvgIpc) is 4.08. The summed E-state index contributed by atoms with van der Waals surface area (Å²) in [6.45, 7) is 13.7. The molecule has 342 valence electrons. The van der Waals surface area contributed by atoms with Crippen LogP contribution >= 0.6 is 0 Å². The molecule has 0 amide bonds. The Labute approximate surface area is 424 Å². The first-order chi connectivity index (χ1) is 33.9. The third kappa shape index (κ3) is 6.93. The summed E-state index contributed by atoms with van der Waals surface area (Å²) in [6, 6.07) is 58.7. The number of nitrogens with zero attached hydrogens (tertiary/aromatic N) is 7. The summed E-state index contributed by atoms with van der Waals surface area (Å²) in [7, 11) is 0.